The van der Waals surface area contributed by atoms with Crippen LogP contribution in [-0.2, 0) is 10.0 Å². The van der Waals surface area contributed by atoms with Crippen molar-refractivity contribution in [3.8, 4) is 5.75 Å². The van der Waals surface area contributed by atoms with Gasteiger partial charge in [-0.1, -0.05) is 13.8 Å². The molecule has 0 bridgehead atoms. The summed E-state index contributed by atoms with van der Waals surface area (Å²) in [5.41, 5.74) is -0.301. The van der Waals surface area contributed by atoms with Gasteiger partial charge in [-0.2, -0.15) is 4.31 Å². The topological polar surface area (TPSA) is 75.7 Å². The molecule has 2 aromatic rings. The van der Waals surface area contributed by atoms with E-state index in [0.29, 0.717) is 6.07 Å². The zero-order valence-corrected chi connectivity index (χ0v) is 16.6. The number of hydrogen-bond donors (Lipinski definition) is 1. The molecule has 1 N–H and O–H groups in total. The summed E-state index contributed by atoms with van der Waals surface area (Å²) in [6, 6.07) is 6.64. The molecule has 0 radical (unpaired) electrons. The Morgan fingerprint density at radius 3 is 2.32 bits per heavy atom. The van der Waals surface area contributed by atoms with Crippen LogP contribution in [0.5, 0.6) is 5.75 Å². The van der Waals surface area contributed by atoms with Crippen molar-refractivity contribution >= 4 is 21.6 Å². The fourth-order valence-corrected chi connectivity index (χ4v) is 4.11. The monoisotopic (exact) mass is 412 g/mol. The summed E-state index contributed by atoms with van der Waals surface area (Å²) in [6.45, 7) is 6.01. The molecular formula is C19H22F2N2O4S. The Kier molecular flexibility index (Phi) is 7.09. The molecule has 0 fully saturated rings. The third-order valence-corrected chi connectivity index (χ3v) is 6.06. The largest absolute Gasteiger partial charge is 0.492 e. The van der Waals surface area contributed by atoms with Gasteiger partial charge in [-0.3, -0.25) is 4.79 Å². The van der Waals surface area contributed by atoms with Crippen molar-refractivity contribution in [3.05, 3.63) is 53.6 Å². The van der Waals surface area contributed by atoms with Crippen LogP contribution in [0.2, 0.25) is 0 Å². The average Bonchev–Trinajstić information content (AvgIpc) is 2.63. The van der Waals surface area contributed by atoms with Gasteiger partial charge >= 0.3 is 0 Å². The number of sulfonamides is 1. The van der Waals surface area contributed by atoms with E-state index in [1.165, 1.54) is 22.5 Å². The summed E-state index contributed by atoms with van der Waals surface area (Å²) in [4.78, 5) is 12.4. The van der Waals surface area contributed by atoms with Crippen LogP contribution in [0, 0.1) is 11.6 Å². The molecule has 0 aromatic heterocycles. The van der Waals surface area contributed by atoms with Gasteiger partial charge in [0.2, 0.25) is 10.0 Å². The Morgan fingerprint density at radius 1 is 1.07 bits per heavy atom. The molecule has 0 aliphatic heterocycles. The number of carbonyl (C=O) groups excluding carboxylic acids is 1. The van der Waals surface area contributed by atoms with Gasteiger partial charge in [-0.05, 0) is 37.3 Å². The normalized spacial score (nSPS) is 11.5. The van der Waals surface area contributed by atoms with Gasteiger partial charge in [0.15, 0.2) is 0 Å². The van der Waals surface area contributed by atoms with Crippen molar-refractivity contribution in [2.45, 2.75) is 25.7 Å². The lowest BCUT2D eigenvalue weighted by molar-refractivity contribution is 0.102. The second kappa shape index (κ2) is 9.11. The quantitative estimate of drug-likeness (QED) is 0.718. The summed E-state index contributed by atoms with van der Waals surface area (Å²) in [6.07, 6.45) is 0. The average molecular weight is 412 g/mol. The van der Waals surface area contributed by atoms with Gasteiger partial charge < -0.3 is 10.1 Å². The zero-order valence-electron chi connectivity index (χ0n) is 15.8. The Bertz CT molecular complexity index is 960. The third kappa shape index (κ3) is 4.66. The molecule has 28 heavy (non-hydrogen) atoms. The number of carbonyl (C=O) groups is 1. The molecule has 0 spiro atoms. The molecule has 0 atom stereocenters. The standard InChI is InChI=1S/C19H22F2N2O4S/c1-4-23(5-2)28(25,26)14-8-10-18(27-6-3)17(12-14)22-19(24)15-9-7-13(20)11-16(15)21/h7-12H,4-6H2,1-3H3,(H,22,24). The van der Waals surface area contributed by atoms with Crippen LogP contribution < -0.4 is 10.1 Å². The molecule has 6 nitrogen and oxygen atoms in total. The molecule has 0 aliphatic rings. The van der Waals surface area contributed by atoms with E-state index in [1.54, 1.807) is 20.8 Å². The highest BCUT2D eigenvalue weighted by molar-refractivity contribution is 7.89. The SMILES string of the molecule is CCOc1ccc(S(=O)(=O)N(CC)CC)cc1NC(=O)c1ccc(F)cc1F. The minimum Gasteiger partial charge on any atom is -0.492 e. The van der Waals surface area contributed by atoms with Crippen LogP contribution in [0.1, 0.15) is 31.1 Å². The van der Waals surface area contributed by atoms with Crippen molar-refractivity contribution in [2.24, 2.45) is 0 Å². The van der Waals surface area contributed by atoms with Crippen LogP contribution >= 0.6 is 0 Å². The number of nitrogens with one attached hydrogen (secondary N) is 1. The maximum atomic E-state index is 13.9. The molecule has 0 saturated heterocycles. The molecule has 0 heterocycles. The van der Waals surface area contributed by atoms with Gasteiger partial charge in [-0.15, -0.1) is 0 Å². The molecule has 2 rings (SSSR count). The first-order valence-corrected chi connectivity index (χ1v) is 10.2. The van der Waals surface area contributed by atoms with E-state index in [9.17, 15) is 22.0 Å². The highest BCUT2D eigenvalue weighted by Gasteiger charge is 2.24. The maximum absolute atomic E-state index is 13.9. The number of amides is 1. The number of nitrogens with zero attached hydrogens (tertiary/aromatic N) is 1. The van der Waals surface area contributed by atoms with Crippen molar-refractivity contribution in [1.29, 1.82) is 0 Å². The number of benzene rings is 2. The van der Waals surface area contributed by atoms with Gasteiger partial charge in [0.05, 0.1) is 22.8 Å². The minimum atomic E-state index is -3.77. The van der Waals surface area contributed by atoms with Crippen LogP contribution in [0.15, 0.2) is 41.3 Å². The Hall–Kier alpha value is -2.52. The first kappa shape index (κ1) is 21.8. The van der Waals surface area contributed by atoms with E-state index in [4.69, 9.17) is 4.74 Å². The van der Waals surface area contributed by atoms with E-state index < -0.39 is 27.6 Å². The first-order valence-electron chi connectivity index (χ1n) is 8.77. The van der Waals surface area contributed by atoms with Crippen LogP contribution in [-0.4, -0.2) is 38.3 Å². The molecule has 1 amide bonds. The molecule has 152 valence electrons. The molecular weight excluding hydrogens is 390 g/mol. The smallest absolute Gasteiger partial charge is 0.258 e. The summed E-state index contributed by atoms with van der Waals surface area (Å²) >= 11 is 0. The van der Waals surface area contributed by atoms with E-state index in [-0.39, 0.29) is 41.6 Å². The molecule has 0 saturated carbocycles. The summed E-state index contributed by atoms with van der Waals surface area (Å²) in [7, 11) is -3.77. The molecule has 0 aliphatic carbocycles. The Labute approximate surface area is 163 Å². The number of hydrogen-bond acceptors (Lipinski definition) is 4. The lowest BCUT2D eigenvalue weighted by atomic mass is 10.2. The number of ether oxygens (including phenoxy) is 1. The van der Waals surface area contributed by atoms with Crippen LogP contribution in [0.25, 0.3) is 0 Å². The predicted molar refractivity (Wildman–Crippen MR) is 102 cm³/mol. The molecule has 0 unspecified atom stereocenters. The fourth-order valence-electron chi connectivity index (χ4n) is 2.62. The lowest BCUT2D eigenvalue weighted by Gasteiger charge is -2.20. The van der Waals surface area contributed by atoms with Crippen molar-refractivity contribution in [3.63, 3.8) is 0 Å². The number of halogens is 2. The van der Waals surface area contributed by atoms with E-state index in [0.717, 1.165) is 12.1 Å². The minimum absolute atomic E-state index is 0.0328. The predicted octanol–water partition coefficient (Wildman–Crippen LogP) is 3.65. The number of anilines is 1. The molecule has 2 aromatic carbocycles. The summed E-state index contributed by atoms with van der Waals surface area (Å²) in [5.74, 6) is -2.45. The van der Waals surface area contributed by atoms with Gasteiger partial charge in [0.1, 0.15) is 17.4 Å². The highest BCUT2D eigenvalue weighted by atomic mass is 32.2. The third-order valence-electron chi connectivity index (χ3n) is 4.02. The molecule has 9 heteroatoms. The van der Waals surface area contributed by atoms with Crippen molar-refractivity contribution in [1.82, 2.24) is 4.31 Å². The van der Waals surface area contributed by atoms with Crippen LogP contribution in [0.4, 0.5) is 14.5 Å². The Morgan fingerprint density at radius 2 is 1.75 bits per heavy atom. The van der Waals surface area contributed by atoms with Crippen LogP contribution in [0.3, 0.4) is 0 Å². The lowest BCUT2D eigenvalue weighted by Crippen LogP contribution is -2.30. The van der Waals surface area contributed by atoms with Gasteiger partial charge in [0, 0.05) is 19.2 Å². The fraction of sp³-hybridized carbons (Fsp3) is 0.316. The Balaban J connectivity index is 2.45. The van der Waals surface area contributed by atoms with Gasteiger partial charge in [0.25, 0.3) is 5.91 Å². The summed E-state index contributed by atoms with van der Waals surface area (Å²) < 4.78 is 59.1. The number of rotatable bonds is 8. The van der Waals surface area contributed by atoms with Crippen molar-refractivity contribution in [2.75, 3.05) is 25.0 Å². The second-order valence-corrected chi connectivity index (χ2v) is 7.70. The second-order valence-electron chi connectivity index (χ2n) is 5.76. The highest BCUT2D eigenvalue weighted by Crippen LogP contribution is 2.30. The maximum Gasteiger partial charge on any atom is 0.258 e. The van der Waals surface area contributed by atoms with E-state index >= 15 is 0 Å². The summed E-state index contributed by atoms with van der Waals surface area (Å²) in [5, 5.41) is 2.45. The van der Waals surface area contributed by atoms with Crippen molar-refractivity contribution < 1.29 is 26.7 Å². The van der Waals surface area contributed by atoms with E-state index in [1.807, 2.05) is 0 Å². The van der Waals surface area contributed by atoms with Gasteiger partial charge in [-0.25, -0.2) is 17.2 Å². The first-order chi connectivity index (χ1) is 13.2. The van der Waals surface area contributed by atoms with E-state index in [2.05, 4.69) is 5.32 Å². The zero-order chi connectivity index (χ0) is 20.9.